The van der Waals surface area contributed by atoms with Crippen LogP contribution in [0.5, 0.6) is 23.0 Å². The number of hydrogen-bond donors (Lipinski definition) is 4. The fraction of sp³-hybridized carbons (Fsp3) is 0.200. The van der Waals surface area contributed by atoms with Crippen LogP contribution < -0.4 is 21.9 Å². The highest BCUT2D eigenvalue weighted by Gasteiger charge is 2.31. The minimum absolute atomic E-state index is 0.0000970. The molecule has 38 heavy (non-hydrogen) atoms. The monoisotopic (exact) mass is 494 g/mol. The summed E-state index contributed by atoms with van der Waals surface area (Å²) in [5.41, 5.74) is 6.36. The number of phenols is 4. The van der Waals surface area contributed by atoms with Crippen molar-refractivity contribution in [1.29, 1.82) is 0 Å². The topological polar surface area (TPSA) is 80.9 Å². The molecule has 4 N–H and O–H groups in total. The van der Waals surface area contributed by atoms with Crippen molar-refractivity contribution in [2.24, 2.45) is 0 Å². The van der Waals surface area contributed by atoms with Crippen LogP contribution in [-0.4, -0.2) is 51.8 Å². The van der Waals surface area contributed by atoms with Crippen molar-refractivity contribution in [3.63, 3.8) is 0 Å². The Bertz CT molecular complexity index is 1240. The Hall–Kier alpha value is -3.66. The Morgan fingerprint density at radius 1 is 0.395 bits per heavy atom. The fourth-order valence-electron chi connectivity index (χ4n) is 5.22. The van der Waals surface area contributed by atoms with Gasteiger partial charge in [0.25, 0.3) is 0 Å². The van der Waals surface area contributed by atoms with E-state index in [1.807, 2.05) is 24.3 Å². The SMILES string of the molecule is [B]c1cc(C(c2cc([B])c(O)c(C)c2)C(c2cc([B])c(O)c(C)c2)c2cc([B])c(O)c(C)c2)cc(C)c1O. The first-order valence-corrected chi connectivity index (χ1v) is 12.2. The molecule has 4 rings (SSSR count). The zero-order valence-corrected chi connectivity index (χ0v) is 21.9. The maximum absolute atomic E-state index is 10.4. The van der Waals surface area contributed by atoms with Crippen LogP contribution in [0, 0.1) is 27.7 Å². The third kappa shape index (κ3) is 4.92. The lowest BCUT2D eigenvalue weighted by Crippen LogP contribution is -2.22. The quantitative estimate of drug-likeness (QED) is 0.320. The summed E-state index contributed by atoms with van der Waals surface area (Å²) >= 11 is 0. The second-order valence-electron chi connectivity index (χ2n) is 10.1. The summed E-state index contributed by atoms with van der Waals surface area (Å²) in [6.07, 6.45) is 0. The van der Waals surface area contributed by atoms with Gasteiger partial charge in [-0.2, -0.15) is 0 Å². The first-order valence-electron chi connectivity index (χ1n) is 12.2. The molecule has 4 aromatic carbocycles. The van der Waals surface area contributed by atoms with Gasteiger partial charge in [0, 0.05) is 11.8 Å². The van der Waals surface area contributed by atoms with Crippen LogP contribution in [0.15, 0.2) is 48.5 Å². The average molecular weight is 494 g/mol. The Morgan fingerprint density at radius 3 is 0.737 bits per heavy atom. The maximum atomic E-state index is 10.4. The molecule has 8 radical (unpaired) electrons. The van der Waals surface area contributed by atoms with Crippen LogP contribution in [0.1, 0.15) is 56.3 Å². The molecule has 4 aromatic rings. The minimum atomic E-state index is -0.454. The van der Waals surface area contributed by atoms with Crippen molar-refractivity contribution in [2.75, 3.05) is 0 Å². The van der Waals surface area contributed by atoms with E-state index in [-0.39, 0.29) is 44.8 Å². The van der Waals surface area contributed by atoms with Gasteiger partial charge in [0.2, 0.25) is 0 Å². The molecule has 0 atom stereocenters. The fourth-order valence-corrected chi connectivity index (χ4v) is 5.22. The lowest BCUT2D eigenvalue weighted by atomic mass is 9.69. The van der Waals surface area contributed by atoms with Crippen LogP contribution in [0.2, 0.25) is 0 Å². The van der Waals surface area contributed by atoms with E-state index in [4.69, 9.17) is 31.4 Å². The van der Waals surface area contributed by atoms with Crippen LogP contribution in [0.3, 0.4) is 0 Å². The lowest BCUT2D eigenvalue weighted by molar-refractivity contribution is 0.473. The van der Waals surface area contributed by atoms with Gasteiger partial charge in [-0.15, -0.1) is 0 Å². The number of benzene rings is 4. The largest absolute Gasteiger partial charge is 0.508 e. The molecule has 0 aliphatic heterocycles. The molecule has 4 nitrogen and oxygen atoms in total. The van der Waals surface area contributed by atoms with Crippen molar-refractivity contribution in [1.82, 2.24) is 0 Å². The molecule has 0 aromatic heterocycles. The normalized spacial score (nSPS) is 11.4. The Morgan fingerprint density at radius 2 is 0.579 bits per heavy atom. The molecule has 0 saturated heterocycles. The Labute approximate surface area is 229 Å². The van der Waals surface area contributed by atoms with Gasteiger partial charge in [0.15, 0.2) is 0 Å². The van der Waals surface area contributed by atoms with Crippen molar-refractivity contribution >= 4 is 53.2 Å². The molecule has 0 amide bonds. The molecule has 0 aliphatic rings. The molecular weight excluding hydrogens is 468 g/mol. The Kier molecular flexibility index (Phi) is 7.38. The van der Waals surface area contributed by atoms with E-state index in [0.29, 0.717) is 22.3 Å². The second kappa shape index (κ2) is 10.2. The van der Waals surface area contributed by atoms with Gasteiger partial charge in [-0.3, -0.25) is 0 Å². The summed E-state index contributed by atoms with van der Waals surface area (Å²) < 4.78 is 0. The predicted octanol–water partition coefficient (Wildman–Crippen LogP) is 1.88. The number of phenolic OH excluding ortho intramolecular Hbond substituents is 4. The molecule has 0 bridgehead atoms. The molecule has 182 valence electrons. The molecule has 0 unspecified atom stereocenters. The molecular formula is C30H26B4O4. The van der Waals surface area contributed by atoms with Gasteiger partial charge in [-0.1, -0.05) is 70.4 Å². The van der Waals surface area contributed by atoms with Crippen LogP contribution >= 0.6 is 0 Å². The first-order chi connectivity index (χ1) is 17.8. The van der Waals surface area contributed by atoms with Crippen LogP contribution in [0.4, 0.5) is 0 Å². The van der Waals surface area contributed by atoms with Crippen molar-refractivity contribution in [2.45, 2.75) is 39.5 Å². The summed E-state index contributed by atoms with van der Waals surface area (Å²) in [5, 5.41) is 41.7. The first kappa shape index (κ1) is 27.4. The standard InChI is InChI=1S/C30H26B4O4/c1-13-5-17(9-21(31)27(13)35)25(18-6-14(2)28(36)22(32)10-18)26(19-7-15(3)29(37)23(33)11-19)20-8-16(4)30(38)24(34)12-20/h5-12,25-26,35-38H,1-4H3. The maximum Gasteiger partial charge on any atom is 0.119 e. The molecule has 0 heterocycles. The third-order valence-electron chi connectivity index (χ3n) is 7.18. The molecule has 0 spiro atoms. The molecule has 0 fully saturated rings. The summed E-state index contributed by atoms with van der Waals surface area (Å²) in [6, 6.07) is 14.3. The summed E-state index contributed by atoms with van der Waals surface area (Å²) in [4.78, 5) is 0. The number of rotatable bonds is 5. The van der Waals surface area contributed by atoms with Gasteiger partial charge >= 0.3 is 0 Å². The van der Waals surface area contributed by atoms with Crippen LogP contribution in [0.25, 0.3) is 0 Å². The van der Waals surface area contributed by atoms with E-state index in [1.54, 1.807) is 52.0 Å². The Balaban J connectivity index is 2.14. The average Bonchev–Trinajstić information content (AvgIpc) is 2.85. The highest BCUT2D eigenvalue weighted by molar-refractivity contribution is 6.35. The van der Waals surface area contributed by atoms with Gasteiger partial charge in [-0.25, -0.2) is 0 Å². The highest BCUT2D eigenvalue weighted by Crippen LogP contribution is 2.45. The van der Waals surface area contributed by atoms with E-state index in [1.165, 1.54) is 0 Å². The second-order valence-corrected chi connectivity index (χ2v) is 10.1. The molecule has 0 aliphatic carbocycles. The zero-order chi connectivity index (χ0) is 28.0. The summed E-state index contributed by atoms with van der Waals surface area (Å²) in [5.74, 6) is -0.908. The predicted molar refractivity (Wildman–Crippen MR) is 157 cm³/mol. The zero-order valence-electron chi connectivity index (χ0n) is 21.9. The van der Waals surface area contributed by atoms with E-state index in [2.05, 4.69) is 0 Å². The van der Waals surface area contributed by atoms with Crippen molar-refractivity contribution in [3.8, 4) is 23.0 Å². The van der Waals surface area contributed by atoms with E-state index >= 15 is 0 Å². The smallest absolute Gasteiger partial charge is 0.119 e. The number of aromatic hydroxyl groups is 4. The van der Waals surface area contributed by atoms with Gasteiger partial charge in [0.05, 0.1) is 0 Å². The highest BCUT2D eigenvalue weighted by atomic mass is 16.3. The lowest BCUT2D eigenvalue weighted by Gasteiger charge is -2.32. The van der Waals surface area contributed by atoms with E-state index in [0.717, 1.165) is 22.3 Å². The van der Waals surface area contributed by atoms with Gasteiger partial charge < -0.3 is 20.4 Å². The van der Waals surface area contributed by atoms with Crippen molar-refractivity contribution < 1.29 is 20.4 Å². The number of hydrogen-bond acceptors (Lipinski definition) is 4. The third-order valence-corrected chi connectivity index (χ3v) is 7.18. The van der Waals surface area contributed by atoms with Gasteiger partial charge in [-0.05, 0) is 72.2 Å². The molecule has 0 saturated carbocycles. The van der Waals surface area contributed by atoms with E-state index in [9.17, 15) is 20.4 Å². The number of aryl methyl sites for hydroxylation is 4. The van der Waals surface area contributed by atoms with E-state index < -0.39 is 11.8 Å². The summed E-state index contributed by atoms with van der Waals surface area (Å²) in [6.45, 7) is 7.07. The van der Waals surface area contributed by atoms with Gasteiger partial charge in [0.1, 0.15) is 54.4 Å². The van der Waals surface area contributed by atoms with Crippen LogP contribution in [-0.2, 0) is 0 Å². The molecule has 8 heteroatoms. The summed E-state index contributed by atoms with van der Waals surface area (Å²) in [7, 11) is 24.9. The minimum Gasteiger partial charge on any atom is -0.508 e. The van der Waals surface area contributed by atoms with Crippen molar-refractivity contribution in [3.05, 3.63) is 93.0 Å².